The Hall–Kier alpha value is -4.87. The number of amides is 1. The van der Waals surface area contributed by atoms with E-state index in [2.05, 4.69) is 29.5 Å². The second-order valence-corrected chi connectivity index (χ2v) is 9.17. The Morgan fingerprint density at radius 2 is 1.95 bits per heavy atom. The van der Waals surface area contributed by atoms with Crippen LogP contribution in [0.25, 0.3) is 33.1 Å². The third kappa shape index (κ3) is 3.72. The van der Waals surface area contributed by atoms with E-state index in [1.165, 1.54) is 29.4 Å². The fourth-order valence-electron chi connectivity index (χ4n) is 4.70. The summed E-state index contributed by atoms with van der Waals surface area (Å²) in [4.78, 5) is 39.6. The number of nitrogens with zero attached hydrogens (tertiary/aromatic N) is 5. The molecule has 2 aliphatic rings. The van der Waals surface area contributed by atoms with Gasteiger partial charge in [0.25, 0.3) is 5.56 Å². The summed E-state index contributed by atoms with van der Waals surface area (Å²) < 4.78 is 37.2. The summed E-state index contributed by atoms with van der Waals surface area (Å²) in [5, 5.41) is 6.41. The van der Waals surface area contributed by atoms with Crippen molar-refractivity contribution in [2.75, 3.05) is 4.90 Å². The quantitative estimate of drug-likeness (QED) is 0.377. The van der Waals surface area contributed by atoms with Crippen molar-refractivity contribution in [2.24, 2.45) is 0 Å². The number of ether oxygens (including phenoxy) is 2. The summed E-state index contributed by atoms with van der Waals surface area (Å²) in [5.74, 6) is -0.687. The molecule has 0 unspecified atom stereocenters. The van der Waals surface area contributed by atoms with Crippen LogP contribution in [0.1, 0.15) is 12.8 Å². The van der Waals surface area contributed by atoms with Gasteiger partial charge in [-0.1, -0.05) is 12.1 Å². The Bertz CT molecular complexity index is 1810. The van der Waals surface area contributed by atoms with Gasteiger partial charge in [0, 0.05) is 41.1 Å². The van der Waals surface area contributed by atoms with Gasteiger partial charge in [-0.15, -0.1) is 8.78 Å². The Morgan fingerprint density at radius 1 is 1.11 bits per heavy atom. The maximum atomic E-state index is 13.5. The third-order valence-electron chi connectivity index (χ3n) is 6.58. The second kappa shape index (κ2) is 8.07. The molecule has 1 aliphatic carbocycles. The van der Waals surface area contributed by atoms with Crippen molar-refractivity contribution < 1.29 is 23.0 Å². The van der Waals surface area contributed by atoms with E-state index in [0.29, 0.717) is 22.5 Å². The lowest BCUT2D eigenvalue weighted by atomic mass is 10.1. The lowest BCUT2D eigenvalue weighted by Gasteiger charge is -2.23. The molecule has 4 heterocycles. The van der Waals surface area contributed by atoms with E-state index < -0.39 is 17.8 Å². The molecule has 12 heteroatoms. The minimum Gasteiger partial charge on any atom is -0.395 e. The van der Waals surface area contributed by atoms with Crippen LogP contribution < -0.4 is 19.9 Å². The van der Waals surface area contributed by atoms with Crippen molar-refractivity contribution in [3.8, 4) is 22.8 Å². The maximum absolute atomic E-state index is 13.5. The lowest BCUT2D eigenvalue weighted by Crippen LogP contribution is -2.39. The predicted molar refractivity (Wildman–Crippen MR) is 132 cm³/mol. The Morgan fingerprint density at radius 3 is 2.79 bits per heavy atom. The number of aromatic nitrogens is 5. The number of hydrogen-bond acceptors (Lipinski definition) is 7. The van der Waals surface area contributed by atoms with Crippen molar-refractivity contribution in [3.63, 3.8) is 0 Å². The number of aromatic amines is 1. The van der Waals surface area contributed by atoms with Gasteiger partial charge in [-0.3, -0.25) is 14.6 Å². The number of hydrogen-bond donors (Lipinski definition) is 1. The molecule has 0 spiro atoms. The second-order valence-electron chi connectivity index (χ2n) is 9.17. The van der Waals surface area contributed by atoms with E-state index in [4.69, 9.17) is 0 Å². The van der Waals surface area contributed by atoms with Crippen LogP contribution in [0.15, 0.2) is 66.0 Å². The van der Waals surface area contributed by atoms with Crippen molar-refractivity contribution in [1.82, 2.24) is 24.7 Å². The number of halogens is 2. The normalized spacial score (nSPS) is 15.7. The van der Waals surface area contributed by atoms with Crippen LogP contribution in [0.3, 0.4) is 0 Å². The molecule has 38 heavy (non-hydrogen) atoms. The number of carbonyl (C=O) groups is 1. The molecule has 0 saturated heterocycles. The van der Waals surface area contributed by atoms with Gasteiger partial charge in [-0.05, 0) is 42.5 Å². The fourth-order valence-corrected chi connectivity index (χ4v) is 4.70. The molecule has 7 rings (SSSR count). The zero-order chi connectivity index (χ0) is 26.0. The molecular formula is C26H18F2N6O4. The molecular weight excluding hydrogens is 498 g/mol. The number of benzene rings is 2. The third-order valence-corrected chi connectivity index (χ3v) is 6.58. The van der Waals surface area contributed by atoms with Gasteiger partial charge in [0.2, 0.25) is 5.91 Å². The highest BCUT2D eigenvalue weighted by molar-refractivity contribution is 5.96. The summed E-state index contributed by atoms with van der Waals surface area (Å²) in [6, 6.07) is 11.6. The molecule has 0 atom stereocenters. The molecule has 1 aliphatic heterocycles. The van der Waals surface area contributed by atoms with Crippen LogP contribution in [-0.2, 0) is 11.3 Å². The van der Waals surface area contributed by atoms with Gasteiger partial charge < -0.3 is 19.4 Å². The molecule has 1 fully saturated rings. The molecule has 1 saturated carbocycles. The Balaban J connectivity index is 1.27. The summed E-state index contributed by atoms with van der Waals surface area (Å²) in [6.07, 6.45) is 2.57. The van der Waals surface area contributed by atoms with Gasteiger partial charge in [0.1, 0.15) is 23.3 Å². The summed E-state index contributed by atoms with van der Waals surface area (Å²) in [5.41, 5.74) is 1.62. The monoisotopic (exact) mass is 516 g/mol. The standard InChI is InChI=1S/C26H18F2N6O4/c27-26(28)37-19-6-5-18(10-20(19)38-26)34(17-3-4-17)21(35)12-33-25(36)24-23(30-13-31-24)22(32-33)15-2-1-14-7-8-29-11-16(14)9-15/h1-2,5-11,13,17H,3-4,12H2,(H,30,31). The molecule has 0 radical (unpaired) electrons. The zero-order valence-corrected chi connectivity index (χ0v) is 19.6. The van der Waals surface area contributed by atoms with Crippen LogP contribution in [0, 0.1) is 0 Å². The molecule has 190 valence electrons. The number of nitrogens with one attached hydrogen (secondary N) is 1. The first kappa shape index (κ1) is 22.3. The number of fused-ring (bicyclic) bond motifs is 3. The topological polar surface area (TPSA) is 115 Å². The average molecular weight is 516 g/mol. The van der Waals surface area contributed by atoms with Crippen molar-refractivity contribution >= 4 is 33.4 Å². The molecule has 0 bridgehead atoms. The van der Waals surface area contributed by atoms with Gasteiger partial charge in [0.15, 0.2) is 11.5 Å². The van der Waals surface area contributed by atoms with Gasteiger partial charge in [-0.2, -0.15) is 5.10 Å². The first-order valence-electron chi connectivity index (χ1n) is 11.9. The SMILES string of the molecule is O=C(Cn1nc(-c2ccc3ccncc3c2)c2nc[nH]c2c1=O)N(c1ccc2c(c1)OC(F)(F)O2)C1CC1. The number of anilines is 1. The number of rotatable bonds is 5. The summed E-state index contributed by atoms with van der Waals surface area (Å²) >= 11 is 0. The van der Waals surface area contributed by atoms with Crippen LogP contribution in [0.2, 0.25) is 0 Å². The fraction of sp³-hybridized carbons (Fsp3) is 0.192. The van der Waals surface area contributed by atoms with E-state index in [1.54, 1.807) is 12.4 Å². The van der Waals surface area contributed by atoms with Crippen molar-refractivity contribution in [2.45, 2.75) is 31.7 Å². The minimum atomic E-state index is -3.76. The number of pyridine rings is 1. The van der Waals surface area contributed by atoms with Gasteiger partial charge in [-0.25, -0.2) is 9.67 Å². The van der Waals surface area contributed by atoms with E-state index in [0.717, 1.165) is 28.3 Å². The number of imidazole rings is 1. The highest BCUT2D eigenvalue weighted by Crippen LogP contribution is 2.44. The highest BCUT2D eigenvalue weighted by atomic mass is 19.3. The summed E-state index contributed by atoms with van der Waals surface area (Å²) in [7, 11) is 0. The first-order valence-corrected chi connectivity index (χ1v) is 11.9. The molecule has 1 N–H and O–H groups in total. The molecule has 1 amide bonds. The molecule has 10 nitrogen and oxygen atoms in total. The van der Waals surface area contributed by atoms with E-state index in [-0.39, 0.29) is 29.6 Å². The van der Waals surface area contributed by atoms with E-state index >= 15 is 0 Å². The van der Waals surface area contributed by atoms with Crippen LogP contribution in [0.4, 0.5) is 14.5 Å². The minimum absolute atomic E-state index is 0.111. The predicted octanol–water partition coefficient (Wildman–Crippen LogP) is 3.85. The highest BCUT2D eigenvalue weighted by Gasteiger charge is 2.44. The zero-order valence-electron chi connectivity index (χ0n) is 19.6. The van der Waals surface area contributed by atoms with Crippen LogP contribution in [0.5, 0.6) is 11.5 Å². The molecule has 3 aromatic heterocycles. The van der Waals surface area contributed by atoms with Crippen molar-refractivity contribution in [1.29, 1.82) is 0 Å². The lowest BCUT2D eigenvalue weighted by molar-refractivity contribution is -0.286. The average Bonchev–Trinajstić information content (AvgIpc) is 3.49. The Labute approximate surface area is 212 Å². The largest absolute Gasteiger partial charge is 0.586 e. The summed E-state index contributed by atoms with van der Waals surface area (Å²) in [6.45, 7) is -0.364. The number of carbonyl (C=O) groups excluding carboxylic acids is 1. The number of H-pyrrole nitrogens is 1. The van der Waals surface area contributed by atoms with Gasteiger partial charge in [0.05, 0.1) is 6.33 Å². The van der Waals surface area contributed by atoms with Crippen LogP contribution in [-0.4, -0.2) is 43.0 Å². The van der Waals surface area contributed by atoms with E-state index in [9.17, 15) is 18.4 Å². The van der Waals surface area contributed by atoms with E-state index in [1.807, 2.05) is 24.3 Å². The maximum Gasteiger partial charge on any atom is 0.586 e. The van der Waals surface area contributed by atoms with Crippen LogP contribution >= 0.6 is 0 Å². The molecule has 2 aromatic carbocycles. The molecule has 5 aromatic rings. The smallest absolute Gasteiger partial charge is 0.395 e. The Kier molecular flexibility index (Phi) is 4.74. The van der Waals surface area contributed by atoms with Gasteiger partial charge >= 0.3 is 6.29 Å². The first-order chi connectivity index (χ1) is 18.4. The number of alkyl halides is 2. The van der Waals surface area contributed by atoms with Crippen molar-refractivity contribution in [3.05, 3.63) is 71.5 Å².